The molecule has 1 fully saturated rings. The molecule has 0 radical (unpaired) electrons. The zero-order valence-electron chi connectivity index (χ0n) is 22.5. The van der Waals surface area contributed by atoms with E-state index in [2.05, 4.69) is 9.51 Å². The highest BCUT2D eigenvalue weighted by molar-refractivity contribution is 7.44. The zero-order chi connectivity index (χ0) is 30.9. The summed E-state index contributed by atoms with van der Waals surface area (Å²) in [4.78, 5) is 74.2. The van der Waals surface area contributed by atoms with E-state index in [1.807, 2.05) is 0 Å². The van der Waals surface area contributed by atoms with Crippen molar-refractivity contribution < 1.29 is 57.5 Å². The molecule has 2 unspecified atom stereocenters. The molecule has 0 spiro atoms. The van der Waals surface area contributed by atoms with Gasteiger partial charge in [0.15, 0.2) is 29.7 Å². The maximum Gasteiger partial charge on any atom is 0.344 e. The van der Waals surface area contributed by atoms with Crippen molar-refractivity contribution in [3.05, 3.63) is 57.3 Å². The highest BCUT2D eigenvalue weighted by Crippen LogP contribution is 2.33. The van der Waals surface area contributed by atoms with Crippen LogP contribution in [0.2, 0.25) is 0 Å². The summed E-state index contributed by atoms with van der Waals surface area (Å²) in [5, 5.41) is 20.6. The third-order valence-corrected chi connectivity index (χ3v) is 7.13. The number of esters is 2. The van der Waals surface area contributed by atoms with Crippen LogP contribution in [0, 0.1) is 0 Å². The van der Waals surface area contributed by atoms with Crippen LogP contribution >= 0.6 is 7.82 Å². The van der Waals surface area contributed by atoms with Gasteiger partial charge in [0.2, 0.25) is 0 Å². The van der Waals surface area contributed by atoms with Crippen LogP contribution in [-0.4, -0.2) is 84.4 Å². The lowest BCUT2D eigenvalue weighted by atomic mass is 10.1. The van der Waals surface area contributed by atoms with Gasteiger partial charge in [-0.3, -0.25) is 18.5 Å². The van der Waals surface area contributed by atoms with Gasteiger partial charge in [-0.25, -0.2) is 19.4 Å². The molecule has 0 amide bonds. The number of phosphoric acid groups is 1. The molecule has 1 aliphatic heterocycles. The summed E-state index contributed by atoms with van der Waals surface area (Å²) in [6, 6.07) is 1.91. The van der Waals surface area contributed by atoms with Crippen LogP contribution in [0.15, 0.2) is 40.4 Å². The lowest BCUT2D eigenvalue weighted by Crippen LogP contribution is -2.46. The number of pyridine rings is 1. The third-order valence-electron chi connectivity index (χ3n) is 6.65. The molecule has 0 saturated carbocycles. The molecule has 0 bridgehead atoms. The minimum absolute atomic E-state index is 0.00366. The van der Waals surface area contributed by atoms with Gasteiger partial charge in [0.1, 0.15) is 30.4 Å². The SMILES string of the molecule is COC(=O)C(C)n1cnc2c1c(=O)n(C)c(=O)n2CCOC(=O)c1ccc[n+]([C@@H]2O[C@H](COP(=O)([O-])O)[C@@H](O)[C@H]2O)c1. The summed E-state index contributed by atoms with van der Waals surface area (Å²) in [7, 11) is -2.64. The second kappa shape index (κ2) is 12.2. The highest BCUT2D eigenvalue weighted by Gasteiger charge is 2.48. The van der Waals surface area contributed by atoms with E-state index in [9.17, 15) is 38.8 Å². The Morgan fingerprint density at radius 3 is 2.67 bits per heavy atom. The summed E-state index contributed by atoms with van der Waals surface area (Å²) >= 11 is 0. The number of aromatic nitrogens is 5. The summed E-state index contributed by atoms with van der Waals surface area (Å²) in [6.45, 7) is 0.224. The first-order chi connectivity index (χ1) is 19.7. The number of imidazole rings is 1. The molecule has 6 atom stereocenters. The van der Waals surface area contributed by atoms with Crippen molar-refractivity contribution in [3.8, 4) is 0 Å². The summed E-state index contributed by atoms with van der Waals surface area (Å²) < 4.78 is 35.1. The van der Waals surface area contributed by atoms with Crippen LogP contribution < -0.4 is 20.7 Å². The molecule has 228 valence electrons. The van der Waals surface area contributed by atoms with Crippen LogP contribution in [0.5, 0.6) is 0 Å². The van der Waals surface area contributed by atoms with Gasteiger partial charge in [-0.15, -0.1) is 0 Å². The summed E-state index contributed by atoms with van der Waals surface area (Å²) in [5.74, 6) is -1.46. The number of methoxy groups -OCH3 is 1. The van der Waals surface area contributed by atoms with E-state index in [0.717, 1.165) is 9.13 Å². The fourth-order valence-corrected chi connectivity index (χ4v) is 4.75. The van der Waals surface area contributed by atoms with Gasteiger partial charge >= 0.3 is 17.6 Å². The molecule has 4 heterocycles. The van der Waals surface area contributed by atoms with Gasteiger partial charge in [-0.2, -0.15) is 4.57 Å². The predicted molar refractivity (Wildman–Crippen MR) is 135 cm³/mol. The average Bonchev–Trinajstić information content (AvgIpc) is 3.52. The standard InChI is InChI=1S/C23H28N5O13P/c1-12(21(32)38-3)28-11-24-18-15(28)19(31)25(2)23(34)27(18)7-8-39-22(33)13-5-4-6-26(9-13)20-17(30)16(29)14(41-20)10-40-42(35,36)37/h4-6,9,11-12,14,16-17,20,29-30H,7-8,10H2,1-3H3,(H-,35,36,37)/t12?,14-,16-,17-,20-/m1/s1. The second-order valence-electron chi connectivity index (χ2n) is 9.31. The Kier molecular flexibility index (Phi) is 9.07. The number of hydrogen-bond acceptors (Lipinski definition) is 13. The molecule has 1 saturated heterocycles. The largest absolute Gasteiger partial charge is 0.756 e. The van der Waals surface area contributed by atoms with E-state index in [4.69, 9.17) is 19.1 Å². The van der Waals surface area contributed by atoms with Gasteiger partial charge < -0.3 is 43.3 Å². The van der Waals surface area contributed by atoms with Crippen LogP contribution in [0.3, 0.4) is 0 Å². The Morgan fingerprint density at radius 1 is 1.29 bits per heavy atom. The van der Waals surface area contributed by atoms with E-state index in [0.29, 0.717) is 0 Å². The number of aliphatic hydroxyl groups excluding tert-OH is 2. The zero-order valence-corrected chi connectivity index (χ0v) is 23.4. The van der Waals surface area contributed by atoms with Crippen molar-refractivity contribution in [2.24, 2.45) is 7.05 Å². The van der Waals surface area contributed by atoms with Gasteiger partial charge in [-0.1, -0.05) is 0 Å². The Labute approximate surface area is 236 Å². The number of phosphoric ester groups is 1. The third kappa shape index (κ3) is 6.19. The topological polar surface area (TPSA) is 238 Å². The monoisotopic (exact) mass is 613 g/mol. The molecule has 3 aromatic rings. The average molecular weight is 613 g/mol. The first-order valence-electron chi connectivity index (χ1n) is 12.4. The van der Waals surface area contributed by atoms with Gasteiger partial charge in [-0.05, 0) is 13.0 Å². The van der Waals surface area contributed by atoms with E-state index in [1.165, 1.54) is 61.1 Å². The number of rotatable bonds is 10. The number of fused-ring (bicyclic) bond motifs is 1. The maximum absolute atomic E-state index is 12.8. The predicted octanol–water partition coefficient (Wildman–Crippen LogP) is -3.13. The van der Waals surface area contributed by atoms with E-state index in [1.54, 1.807) is 0 Å². The molecule has 3 aromatic heterocycles. The highest BCUT2D eigenvalue weighted by atomic mass is 31.2. The lowest BCUT2D eigenvalue weighted by molar-refractivity contribution is -0.765. The van der Waals surface area contributed by atoms with Crippen LogP contribution in [0.25, 0.3) is 11.2 Å². The van der Waals surface area contributed by atoms with E-state index >= 15 is 0 Å². The molecule has 18 nitrogen and oxygen atoms in total. The number of aliphatic hydroxyl groups is 2. The molecular weight excluding hydrogens is 585 g/mol. The first kappa shape index (κ1) is 31.2. The smallest absolute Gasteiger partial charge is 0.344 e. The maximum atomic E-state index is 12.8. The van der Waals surface area contributed by atoms with Crippen molar-refractivity contribution in [3.63, 3.8) is 0 Å². The minimum Gasteiger partial charge on any atom is -0.756 e. The number of carbonyl (C=O) groups is 2. The van der Waals surface area contributed by atoms with Gasteiger partial charge in [0.05, 0.1) is 26.6 Å². The Balaban J connectivity index is 1.48. The molecule has 0 aromatic carbocycles. The van der Waals surface area contributed by atoms with Crippen LogP contribution in [0.4, 0.5) is 0 Å². The number of carbonyl (C=O) groups excluding carboxylic acids is 2. The quantitative estimate of drug-likeness (QED) is 0.116. The lowest BCUT2D eigenvalue weighted by Gasteiger charge is -2.19. The van der Waals surface area contributed by atoms with Crippen molar-refractivity contribution in [2.45, 2.75) is 44.1 Å². The molecule has 1 aliphatic rings. The molecular formula is C23H28N5O13P. The van der Waals surface area contributed by atoms with E-state index < -0.39 is 68.2 Å². The molecule has 19 heteroatoms. The Hall–Kier alpha value is -3.77. The van der Waals surface area contributed by atoms with Crippen LogP contribution in [-0.2, 0) is 41.7 Å². The van der Waals surface area contributed by atoms with E-state index in [-0.39, 0.29) is 29.9 Å². The Morgan fingerprint density at radius 2 is 2.00 bits per heavy atom. The van der Waals surface area contributed by atoms with Crippen molar-refractivity contribution in [1.82, 2.24) is 18.7 Å². The first-order valence-corrected chi connectivity index (χ1v) is 13.9. The summed E-state index contributed by atoms with van der Waals surface area (Å²) in [6.07, 6.45) is -1.76. The summed E-state index contributed by atoms with van der Waals surface area (Å²) in [5.41, 5.74) is -1.46. The van der Waals surface area contributed by atoms with Crippen molar-refractivity contribution in [2.75, 3.05) is 20.3 Å². The molecule has 4 rings (SSSR count). The fourth-order valence-electron chi connectivity index (χ4n) is 4.42. The normalized spacial score (nSPS) is 22.5. The Bertz CT molecular complexity index is 1660. The minimum atomic E-state index is -5.09. The van der Waals surface area contributed by atoms with Crippen molar-refractivity contribution >= 4 is 30.9 Å². The number of hydrogen-bond donors (Lipinski definition) is 3. The molecule has 3 N–H and O–H groups in total. The fraction of sp³-hybridized carbons (Fsp3) is 0.478. The number of ether oxygens (including phenoxy) is 3. The molecule has 0 aliphatic carbocycles. The number of nitrogens with zero attached hydrogens (tertiary/aromatic N) is 5. The van der Waals surface area contributed by atoms with Crippen molar-refractivity contribution in [1.29, 1.82) is 0 Å². The van der Waals surface area contributed by atoms with Crippen LogP contribution in [0.1, 0.15) is 29.6 Å². The van der Waals surface area contributed by atoms with Gasteiger partial charge in [0, 0.05) is 13.1 Å². The van der Waals surface area contributed by atoms with Gasteiger partial charge in [0.25, 0.3) is 19.6 Å². The second-order valence-corrected chi connectivity index (χ2v) is 10.5. The molecule has 42 heavy (non-hydrogen) atoms.